The second-order valence-electron chi connectivity index (χ2n) is 6.51. The van der Waals surface area contributed by atoms with E-state index in [4.69, 9.17) is 5.11 Å². The van der Waals surface area contributed by atoms with E-state index in [1.54, 1.807) is 0 Å². The molecule has 0 atom stereocenters. The molecule has 1 heterocycles. The van der Waals surface area contributed by atoms with E-state index in [-0.39, 0.29) is 0 Å². The Kier molecular flexibility index (Phi) is 7.87. The number of aliphatic hydroxyl groups excluding tert-OH is 1. The molecule has 21 heavy (non-hydrogen) atoms. The predicted molar refractivity (Wildman–Crippen MR) is 87.5 cm³/mol. The highest BCUT2D eigenvalue weighted by Crippen LogP contribution is 2.38. The summed E-state index contributed by atoms with van der Waals surface area (Å²) in [5.74, 6) is 2.10. The highest BCUT2D eigenvalue weighted by Gasteiger charge is 2.27. The quantitative estimate of drug-likeness (QED) is 0.537. The smallest absolute Gasteiger partial charge is 0.111 e. The van der Waals surface area contributed by atoms with Crippen LogP contribution in [-0.2, 0) is 6.54 Å². The number of imidazole rings is 1. The molecule has 0 spiro atoms. The van der Waals surface area contributed by atoms with Crippen LogP contribution in [0.25, 0.3) is 0 Å². The van der Waals surface area contributed by atoms with Crippen molar-refractivity contribution in [2.24, 2.45) is 0 Å². The summed E-state index contributed by atoms with van der Waals surface area (Å²) >= 11 is 0. The van der Waals surface area contributed by atoms with Crippen LogP contribution in [0, 0.1) is 0 Å². The third kappa shape index (κ3) is 6.64. The molecule has 1 saturated carbocycles. The molecule has 1 N–H and O–H groups in total. The van der Waals surface area contributed by atoms with E-state index in [1.165, 1.54) is 76.5 Å². The summed E-state index contributed by atoms with van der Waals surface area (Å²) in [5, 5.41) is 8.70. The Labute approximate surface area is 129 Å². The van der Waals surface area contributed by atoms with Crippen LogP contribution in [0.3, 0.4) is 0 Å². The molecule has 0 aromatic carbocycles. The van der Waals surface area contributed by atoms with Gasteiger partial charge in [0.05, 0.1) is 0 Å². The summed E-state index contributed by atoms with van der Waals surface area (Å²) < 4.78 is 2.37. The topological polar surface area (TPSA) is 38.0 Å². The molecule has 0 saturated heterocycles. The third-order valence-corrected chi connectivity index (χ3v) is 4.50. The lowest BCUT2D eigenvalue weighted by Crippen LogP contribution is -2.01. The van der Waals surface area contributed by atoms with Crippen molar-refractivity contribution in [2.45, 2.75) is 89.5 Å². The standard InChI is InChI=1S/C18H32N2O/c21-16-10-8-6-4-2-1-3-5-7-9-14-20-15-13-19-18(20)17-11-12-17/h13,15,17,21H,1-12,14,16H2. The van der Waals surface area contributed by atoms with E-state index < -0.39 is 0 Å². The van der Waals surface area contributed by atoms with Crippen LogP contribution >= 0.6 is 0 Å². The number of unbranched alkanes of at least 4 members (excludes halogenated alkanes) is 9. The molecule has 1 aromatic heterocycles. The minimum Gasteiger partial charge on any atom is -0.396 e. The van der Waals surface area contributed by atoms with Crippen LogP contribution in [0.5, 0.6) is 0 Å². The zero-order chi connectivity index (χ0) is 14.8. The lowest BCUT2D eigenvalue weighted by Gasteiger charge is -2.07. The fraction of sp³-hybridized carbons (Fsp3) is 0.833. The molecule has 0 bridgehead atoms. The molecule has 3 nitrogen and oxygen atoms in total. The molecule has 1 aromatic rings. The number of aryl methyl sites for hydroxylation is 1. The normalized spacial score (nSPS) is 14.7. The SMILES string of the molecule is OCCCCCCCCCCCCn1ccnc1C1CC1. The molecule has 0 aliphatic heterocycles. The summed E-state index contributed by atoms with van der Waals surface area (Å²) in [6.07, 6.45) is 19.8. The molecule has 2 rings (SSSR count). The summed E-state index contributed by atoms with van der Waals surface area (Å²) in [7, 11) is 0. The van der Waals surface area contributed by atoms with Gasteiger partial charge in [0.25, 0.3) is 0 Å². The summed E-state index contributed by atoms with van der Waals surface area (Å²) in [4.78, 5) is 4.50. The van der Waals surface area contributed by atoms with Crippen LogP contribution in [0.15, 0.2) is 12.4 Å². The first-order chi connectivity index (χ1) is 10.4. The average Bonchev–Trinajstić information content (AvgIpc) is 3.24. The van der Waals surface area contributed by atoms with E-state index >= 15 is 0 Å². The first-order valence-corrected chi connectivity index (χ1v) is 9.03. The van der Waals surface area contributed by atoms with Gasteiger partial charge >= 0.3 is 0 Å². The number of aromatic nitrogens is 2. The van der Waals surface area contributed by atoms with Gasteiger partial charge in [-0.15, -0.1) is 0 Å². The Hall–Kier alpha value is -0.830. The monoisotopic (exact) mass is 292 g/mol. The molecule has 1 aliphatic rings. The molecule has 3 heteroatoms. The Morgan fingerprint density at radius 1 is 0.905 bits per heavy atom. The Bertz CT molecular complexity index is 371. The second-order valence-corrected chi connectivity index (χ2v) is 6.51. The van der Waals surface area contributed by atoms with Crippen LogP contribution in [0.4, 0.5) is 0 Å². The molecule has 0 unspecified atom stereocenters. The Balaban J connectivity index is 1.39. The molecule has 0 radical (unpaired) electrons. The summed E-state index contributed by atoms with van der Waals surface area (Å²) in [6, 6.07) is 0. The summed E-state index contributed by atoms with van der Waals surface area (Å²) in [5.41, 5.74) is 0. The number of rotatable bonds is 13. The van der Waals surface area contributed by atoms with Crippen molar-refractivity contribution in [3.05, 3.63) is 18.2 Å². The lowest BCUT2D eigenvalue weighted by molar-refractivity contribution is 0.282. The van der Waals surface area contributed by atoms with Gasteiger partial charge in [-0.1, -0.05) is 51.4 Å². The molecular weight excluding hydrogens is 260 g/mol. The van der Waals surface area contributed by atoms with E-state index in [0.29, 0.717) is 6.61 Å². The third-order valence-electron chi connectivity index (χ3n) is 4.50. The van der Waals surface area contributed by atoms with E-state index in [0.717, 1.165) is 18.9 Å². The van der Waals surface area contributed by atoms with Gasteiger partial charge in [-0.05, 0) is 25.7 Å². The molecule has 0 amide bonds. The van der Waals surface area contributed by atoms with E-state index in [1.807, 2.05) is 6.20 Å². The largest absolute Gasteiger partial charge is 0.396 e. The van der Waals surface area contributed by atoms with Gasteiger partial charge in [0.15, 0.2) is 0 Å². The van der Waals surface area contributed by atoms with Crippen molar-refractivity contribution in [3.8, 4) is 0 Å². The van der Waals surface area contributed by atoms with E-state index in [9.17, 15) is 0 Å². The van der Waals surface area contributed by atoms with Crippen molar-refractivity contribution in [3.63, 3.8) is 0 Å². The molecular formula is C18H32N2O. The van der Waals surface area contributed by atoms with Crippen molar-refractivity contribution in [1.29, 1.82) is 0 Å². The minimum absolute atomic E-state index is 0.360. The number of aliphatic hydroxyl groups is 1. The van der Waals surface area contributed by atoms with Gasteiger partial charge in [-0.2, -0.15) is 0 Å². The van der Waals surface area contributed by atoms with Gasteiger partial charge in [0.2, 0.25) is 0 Å². The zero-order valence-electron chi connectivity index (χ0n) is 13.5. The van der Waals surface area contributed by atoms with Crippen molar-refractivity contribution < 1.29 is 5.11 Å². The van der Waals surface area contributed by atoms with Crippen LogP contribution in [0.2, 0.25) is 0 Å². The highest BCUT2D eigenvalue weighted by molar-refractivity contribution is 5.07. The van der Waals surface area contributed by atoms with Gasteiger partial charge < -0.3 is 9.67 Å². The van der Waals surface area contributed by atoms with Crippen molar-refractivity contribution >= 4 is 0 Å². The highest BCUT2D eigenvalue weighted by atomic mass is 16.2. The second kappa shape index (κ2) is 9.99. The fourth-order valence-electron chi connectivity index (χ4n) is 3.02. The average molecular weight is 292 g/mol. The fourth-order valence-corrected chi connectivity index (χ4v) is 3.02. The first kappa shape index (κ1) is 16.5. The maximum Gasteiger partial charge on any atom is 0.111 e. The number of hydrogen-bond acceptors (Lipinski definition) is 2. The summed E-state index contributed by atoms with van der Waals surface area (Å²) in [6.45, 7) is 1.52. The Morgan fingerprint density at radius 2 is 1.48 bits per heavy atom. The van der Waals surface area contributed by atoms with Gasteiger partial charge in [-0.3, -0.25) is 0 Å². The minimum atomic E-state index is 0.360. The van der Waals surface area contributed by atoms with Crippen LogP contribution < -0.4 is 0 Å². The van der Waals surface area contributed by atoms with Crippen molar-refractivity contribution in [2.75, 3.05) is 6.61 Å². The first-order valence-electron chi connectivity index (χ1n) is 9.03. The maximum atomic E-state index is 8.70. The number of nitrogens with zero attached hydrogens (tertiary/aromatic N) is 2. The van der Waals surface area contributed by atoms with Crippen molar-refractivity contribution in [1.82, 2.24) is 9.55 Å². The predicted octanol–water partition coefficient (Wildman–Crippen LogP) is 4.65. The number of hydrogen-bond donors (Lipinski definition) is 1. The maximum absolute atomic E-state index is 8.70. The van der Waals surface area contributed by atoms with Gasteiger partial charge in [-0.25, -0.2) is 4.98 Å². The zero-order valence-corrected chi connectivity index (χ0v) is 13.5. The van der Waals surface area contributed by atoms with Gasteiger partial charge in [0.1, 0.15) is 5.82 Å². The van der Waals surface area contributed by atoms with Crippen LogP contribution in [0.1, 0.15) is 88.8 Å². The Morgan fingerprint density at radius 3 is 2.05 bits per heavy atom. The molecule has 1 aliphatic carbocycles. The molecule has 120 valence electrons. The van der Waals surface area contributed by atoms with Crippen LogP contribution in [-0.4, -0.2) is 21.3 Å². The molecule has 1 fully saturated rings. The van der Waals surface area contributed by atoms with E-state index in [2.05, 4.69) is 15.7 Å². The lowest BCUT2D eigenvalue weighted by atomic mass is 10.1. The van der Waals surface area contributed by atoms with Gasteiger partial charge in [0, 0.05) is 31.5 Å².